The highest BCUT2D eigenvalue weighted by atomic mass is 16.5. The lowest BCUT2D eigenvalue weighted by Gasteiger charge is -2.09. The second-order valence-corrected chi connectivity index (χ2v) is 4.73. The zero-order chi connectivity index (χ0) is 16.4. The molecule has 0 aromatic heterocycles. The van der Waals surface area contributed by atoms with Gasteiger partial charge in [-0.05, 0) is 25.5 Å². The van der Waals surface area contributed by atoms with Crippen LogP contribution in [0.15, 0.2) is 30.0 Å². The van der Waals surface area contributed by atoms with Gasteiger partial charge in [0.1, 0.15) is 11.6 Å². The third-order valence-electron chi connectivity index (χ3n) is 2.87. The van der Waals surface area contributed by atoms with Crippen molar-refractivity contribution >= 4 is 11.6 Å². The van der Waals surface area contributed by atoms with Crippen molar-refractivity contribution in [2.75, 3.05) is 31.7 Å². The number of nitriles is 1. The fourth-order valence-corrected chi connectivity index (χ4v) is 1.76. The number of rotatable bonds is 8. The summed E-state index contributed by atoms with van der Waals surface area (Å²) in [5.41, 5.74) is 2.72. The summed E-state index contributed by atoms with van der Waals surface area (Å²) in [5, 5.41) is 23.1. The first-order chi connectivity index (χ1) is 10.6. The summed E-state index contributed by atoms with van der Waals surface area (Å²) in [5.74, 6) is -0.460. The molecule has 6 nitrogen and oxygen atoms in total. The molecule has 0 spiro atoms. The van der Waals surface area contributed by atoms with E-state index in [-0.39, 0.29) is 18.8 Å². The van der Waals surface area contributed by atoms with E-state index in [9.17, 15) is 4.79 Å². The molecule has 1 rings (SSSR count). The van der Waals surface area contributed by atoms with Gasteiger partial charge in [-0.2, -0.15) is 5.26 Å². The van der Waals surface area contributed by atoms with E-state index in [2.05, 4.69) is 10.6 Å². The van der Waals surface area contributed by atoms with E-state index >= 15 is 0 Å². The number of aliphatic hydroxyl groups is 1. The molecule has 0 bridgehead atoms. The first-order valence-electron chi connectivity index (χ1n) is 6.99. The highest BCUT2D eigenvalue weighted by molar-refractivity contribution is 6.06. The molecule has 0 unspecified atom stereocenters. The Balaban J connectivity index is 2.55. The van der Waals surface area contributed by atoms with Crippen LogP contribution in [-0.4, -0.2) is 37.4 Å². The van der Waals surface area contributed by atoms with Crippen LogP contribution in [0.4, 0.5) is 5.69 Å². The topological polar surface area (TPSA) is 94.4 Å². The second-order valence-electron chi connectivity index (χ2n) is 4.73. The molecule has 1 aromatic carbocycles. The molecule has 0 aliphatic rings. The summed E-state index contributed by atoms with van der Waals surface area (Å²) in [7, 11) is 0. The SMILES string of the molecule is Cc1ccc(NC(=O)/C(C#N)=C\NCCOCCO)c(C)c1. The molecule has 1 aromatic rings. The lowest BCUT2D eigenvalue weighted by Crippen LogP contribution is -2.20. The Morgan fingerprint density at radius 1 is 1.41 bits per heavy atom. The maximum Gasteiger partial charge on any atom is 0.267 e. The molecule has 3 N–H and O–H groups in total. The van der Waals surface area contributed by atoms with E-state index in [0.717, 1.165) is 11.1 Å². The van der Waals surface area contributed by atoms with Crippen molar-refractivity contribution in [3.05, 3.63) is 41.1 Å². The summed E-state index contributed by atoms with van der Waals surface area (Å²) in [6.07, 6.45) is 1.36. The molecule has 0 radical (unpaired) electrons. The predicted molar refractivity (Wildman–Crippen MR) is 84.1 cm³/mol. The Kier molecular flexibility index (Phi) is 7.68. The average Bonchev–Trinajstić information content (AvgIpc) is 2.49. The fraction of sp³-hybridized carbons (Fsp3) is 0.375. The maximum atomic E-state index is 12.0. The van der Waals surface area contributed by atoms with Crippen molar-refractivity contribution in [3.63, 3.8) is 0 Å². The standard InChI is InChI=1S/C16H21N3O3/c1-12-3-4-15(13(2)9-12)19-16(21)14(10-17)11-18-5-7-22-8-6-20/h3-4,9,11,18,20H,5-8H2,1-2H3,(H,19,21)/b14-11-. The van der Waals surface area contributed by atoms with Crippen LogP contribution >= 0.6 is 0 Å². The third kappa shape index (κ3) is 5.95. The molecule has 0 saturated carbocycles. The van der Waals surface area contributed by atoms with Crippen LogP contribution in [0.25, 0.3) is 0 Å². The average molecular weight is 303 g/mol. The number of ether oxygens (including phenoxy) is 1. The quantitative estimate of drug-likeness (QED) is 0.382. The van der Waals surface area contributed by atoms with Crippen molar-refractivity contribution < 1.29 is 14.6 Å². The number of carbonyl (C=O) groups is 1. The van der Waals surface area contributed by atoms with Gasteiger partial charge in [-0.3, -0.25) is 4.79 Å². The molecule has 0 saturated heterocycles. The maximum absolute atomic E-state index is 12.0. The molecule has 6 heteroatoms. The van der Waals surface area contributed by atoms with Crippen molar-refractivity contribution in [2.45, 2.75) is 13.8 Å². The summed E-state index contributed by atoms with van der Waals surface area (Å²) < 4.78 is 5.06. The van der Waals surface area contributed by atoms with E-state index in [4.69, 9.17) is 15.1 Å². The number of amides is 1. The Labute approximate surface area is 130 Å². The van der Waals surface area contributed by atoms with Crippen molar-refractivity contribution in [1.29, 1.82) is 5.26 Å². The van der Waals surface area contributed by atoms with Crippen molar-refractivity contribution in [2.24, 2.45) is 0 Å². The number of nitrogens with zero attached hydrogens (tertiary/aromatic N) is 1. The van der Waals surface area contributed by atoms with Gasteiger partial charge in [-0.25, -0.2) is 0 Å². The predicted octanol–water partition coefficient (Wildman–Crippen LogP) is 1.25. The molecular weight excluding hydrogens is 282 g/mol. The number of anilines is 1. The van der Waals surface area contributed by atoms with Crippen LogP contribution in [0.5, 0.6) is 0 Å². The first kappa shape index (κ1) is 17.7. The van der Waals surface area contributed by atoms with Gasteiger partial charge in [0.2, 0.25) is 0 Å². The summed E-state index contributed by atoms with van der Waals surface area (Å²) >= 11 is 0. The number of benzene rings is 1. The zero-order valence-corrected chi connectivity index (χ0v) is 12.8. The van der Waals surface area contributed by atoms with Crippen molar-refractivity contribution in [3.8, 4) is 6.07 Å². The van der Waals surface area contributed by atoms with Crippen LogP contribution in [0.3, 0.4) is 0 Å². The van der Waals surface area contributed by atoms with Gasteiger partial charge in [0.25, 0.3) is 5.91 Å². The van der Waals surface area contributed by atoms with Crippen LogP contribution < -0.4 is 10.6 Å². The molecule has 0 aliphatic heterocycles. The Morgan fingerprint density at radius 2 is 2.18 bits per heavy atom. The minimum absolute atomic E-state index is 0.0119. The van der Waals surface area contributed by atoms with Gasteiger partial charge in [-0.15, -0.1) is 0 Å². The van der Waals surface area contributed by atoms with E-state index < -0.39 is 5.91 Å². The lowest BCUT2D eigenvalue weighted by molar-refractivity contribution is -0.112. The van der Waals surface area contributed by atoms with E-state index in [1.165, 1.54) is 6.20 Å². The minimum Gasteiger partial charge on any atom is -0.394 e. The molecule has 22 heavy (non-hydrogen) atoms. The largest absolute Gasteiger partial charge is 0.394 e. The lowest BCUT2D eigenvalue weighted by atomic mass is 10.1. The number of aliphatic hydroxyl groups excluding tert-OH is 1. The van der Waals surface area contributed by atoms with E-state index in [0.29, 0.717) is 18.8 Å². The van der Waals surface area contributed by atoms with Gasteiger partial charge in [-0.1, -0.05) is 17.7 Å². The normalized spacial score (nSPS) is 10.9. The smallest absolute Gasteiger partial charge is 0.267 e. The number of carbonyl (C=O) groups excluding carboxylic acids is 1. The van der Waals surface area contributed by atoms with Crippen LogP contribution in [0, 0.1) is 25.2 Å². The highest BCUT2D eigenvalue weighted by Gasteiger charge is 2.10. The number of hydrogen-bond acceptors (Lipinski definition) is 5. The van der Waals surface area contributed by atoms with Crippen LogP contribution in [-0.2, 0) is 9.53 Å². The molecular formula is C16H21N3O3. The Hall–Kier alpha value is -2.36. The van der Waals surface area contributed by atoms with Gasteiger partial charge in [0.15, 0.2) is 0 Å². The number of hydrogen-bond donors (Lipinski definition) is 3. The fourth-order valence-electron chi connectivity index (χ4n) is 1.76. The highest BCUT2D eigenvalue weighted by Crippen LogP contribution is 2.16. The summed E-state index contributed by atoms with van der Waals surface area (Å²) in [6.45, 7) is 4.94. The number of nitrogens with one attached hydrogen (secondary N) is 2. The summed E-state index contributed by atoms with van der Waals surface area (Å²) in [4.78, 5) is 12.0. The minimum atomic E-state index is -0.460. The summed E-state index contributed by atoms with van der Waals surface area (Å²) in [6, 6.07) is 7.53. The third-order valence-corrected chi connectivity index (χ3v) is 2.87. The molecule has 0 aliphatic carbocycles. The molecule has 1 amide bonds. The molecule has 0 heterocycles. The van der Waals surface area contributed by atoms with Gasteiger partial charge >= 0.3 is 0 Å². The Morgan fingerprint density at radius 3 is 2.82 bits per heavy atom. The Bertz CT molecular complexity index is 576. The second kappa shape index (κ2) is 9.55. The van der Waals surface area contributed by atoms with E-state index in [1.54, 1.807) is 0 Å². The van der Waals surface area contributed by atoms with Crippen molar-refractivity contribution in [1.82, 2.24) is 5.32 Å². The van der Waals surface area contributed by atoms with Gasteiger partial charge in [0, 0.05) is 18.4 Å². The molecule has 0 fully saturated rings. The zero-order valence-electron chi connectivity index (χ0n) is 12.8. The van der Waals surface area contributed by atoms with Gasteiger partial charge < -0.3 is 20.5 Å². The molecule has 118 valence electrons. The number of aryl methyl sites for hydroxylation is 2. The van der Waals surface area contributed by atoms with Crippen LogP contribution in [0.2, 0.25) is 0 Å². The first-order valence-corrected chi connectivity index (χ1v) is 6.99. The monoisotopic (exact) mass is 303 g/mol. The van der Waals surface area contributed by atoms with E-state index in [1.807, 2.05) is 38.1 Å². The van der Waals surface area contributed by atoms with Gasteiger partial charge in [0.05, 0.1) is 19.8 Å². The molecule has 0 atom stereocenters. The van der Waals surface area contributed by atoms with Crippen LogP contribution in [0.1, 0.15) is 11.1 Å².